The first-order chi connectivity index (χ1) is 9.77. The average Bonchev–Trinajstić information content (AvgIpc) is 2.74. The maximum atomic E-state index is 12.2. The van der Waals surface area contributed by atoms with Crippen LogP contribution in [0.1, 0.15) is 25.0 Å². The number of imide groups is 1. The molecule has 2 aliphatic rings. The van der Waals surface area contributed by atoms with Crippen molar-refractivity contribution in [3.8, 4) is 0 Å². The highest BCUT2D eigenvalue weighted by molar-refractivity contribution is 6.20. The molecular formula is C16H16N2O2. The Morgan fingerprint density at radius 3 is 2.85 bits per heavy atom. The second-order valence-corrected chi connectivity index (χ2v) is 5.02. The second kappa shape index (κ2) is 5.41. The number of carbonyl (C=O) groups excluding carboxylic acids is 2. The number of nitrogens with zero attached hydrogens (tertiary/aromatic N) is 2. The fraction of sp³-hybridized carbons (Fsp3) is 0.312. The Kier molecular flexibility index (Phi) is 3.46. The number of amides is 2. The Balaban J connectivity index is 1.61. The van der Waals surface area contributed by atoms with Gasteiger partial charge in [0.05, 0.1) is 0 Å². The van der Waals surface area contributed by atoms with Crippen LogP contribution in [0.15, 0.2) is 47.7 Å². The summed E-state index contributed by atoms with van der Waals surface area (Å²) in [6, 6.07) is 5.78. The van der Waals surface area contributed by atoms with Crippen molar-refractivity contribution in [1.82, 2.24) is 9.88 Å². The summed E-state index contributed by atoms with van der Waals surface area (Å²) in [4.78, 5) is 30.0. The molecule has 0 saturated heterocycles. The summed E-state index contributed by atoms with van der Waals surface area (Å²) in [7, 11) is 0. The summed E-state index contributed by atoms with van der Waals surface area (Å²) in [5.74, 6) is -0.239. The normalized spacial score (nSPS) is 17.9. The zero-order valence-electron chi connectivity index (χ0n) is 11.2. The molecule has 0 fully saturated rings. The lowest BCUT2D eigenvalue weighted by Crippen LogP contribution is -2.32. The fourth-order valence-electron chi connectivity index (χ4n) is 2.65. The van der Waals surface area contributed by atoms with Gasteiger partial charge in [-0.25, -0.2) is 0 Å². The van der Waals surface area contributed by atoms with Crippen molar-refractivity contribution in [2.45, 2.75) is 25.7 Å². The summed E-state index contributed by atoms with van der Waals surface area (Å²) >= 11 is 0. The molecule has 20 heavy (non-hydrogen) atoms. The molecule has 1 aliphatic heterocycles. The third-order valence-corrected chi connectivity index (χ3v) is 3.69. The molecule has 4 nitrogen and oxygen atoms in total. The molecule has 3 rings (SSSR count). The van der Waals surface area contributed by atoms with Crippen LogP contribution in [0.2, 0.25) is 0 Å². The van der Waals surface area contributed by atoms with Crippen LogP contribution in [0.25, 0.3) is 0 Å². The van der Waals surface area contributed by atoms with Gasteiger partial charge in [0.25, 0.3) is 11.8 Å². The third kappa shape index (κ3) is 2.29. The SMILES string of the molecule is O=C1C2=C(CCC=C2)C(=O)N1CCCc1ccccn1. The van der Waals surface area contributed by atoms with Crippen LogP contribution in [0.5, 0.6) is 0 Å². The number of aromatic nitrogens is 1. The average molecular weight is 268 g/mol. The van der Waals surface area contributed by atoms with Crippen LogP contribution in [0.4, 0.5) is 0 Å². The predicted octanol–water partition coefficient (Wildman–Crippen LogP) is 2.03. The van der Waals surface area contributed by atoms with Crippen molar-refractivity contribution in [2.75, 3.05) is 6.54 Å². The maximum Gasteiger partial charge on any atom is 0.261 e. The van der Waals surface area contributed by atoms with Crippen molar-refractivity contribution >= 4 is 11.8 Å². The first-order valence-corrected chi connectivity index (χ1v) is 6.93. The number of rotatable bonds is 4. The molecule has 102 valence electrons. The van der Waals surface area contributed by atoms with Crippen LogP contribution in [0, 0.1) is 0 Å². The first-order valence-electron chi connectivity index (χ1n) is 6.93. The third-order valence-electron chi connectivity index (χ3n) is 3.69. The van der Waals surface area contributed by atoms with Crippen LogP contribution < -0.4 is 0 Å². The van der Waals surface area contributed by atoms with Crippen molar-refractivity contribution in [2.24, 2.45) is 0 Å². The van der Waals surface area contributed by atoms with Crippen LogP contribution in [0.3, 0.4) is 0 Å². The molecule has 0 spiro atoms. The van der Waals surface area contributed by atoms with E-state index >= 15 is 0 Å². The molecule has 2 amide bonds. The molecule has 1 aliphatic carbocycles. The minimum atomic E-state index is -0.137. The van der Waals surface area contributed by atoms with Gasteiger partial charge in [-0.1, -0.05) is 18.2 Å². The topological polar surface area (TPSA) is 50.3 Å². The van der Waals surface area contributed by atoms with Gasteiger partial charge in [-0.05, 0) is 37.8 Å². The summed E-state index contributed by atoms with van der Waals surface area (Å²) in [6.45, 7) is 0.467. The van der Waals surface area contributed by atoms with Gasteiger partial charge < -0.3 is 0 Å². The highest BCUT2D eigenvalue weighted by Gasteiger charge is 2.36. The van der Waals surface area contributed by atoms with E-state index in [4.69, 9.17) is 0 Å². The fourth-order valence-corrected chi connectivity index (χ4v) is 2.65. The van der Waals surface area contributed by atoms with Gasteiger partial charge in [0, 0.05) is 29.6 Å². The van der Waals surface area contributed by atoms with Crippen LogP contribution in [-0.4, -0.2) is 28.2 Å². The number of aryl methyl sites for hydroxylation is 1. The molecule has 0 saturated carbocycles. The number of carbonyl (C=O) groups is 2. The van der Waals surface area contributed by atoms with Gasteiger partial charge in [0.1, 0.15) is 0 Å². The number of hydrogen-bond acceptors (Lipinski definition) is 3. The van der Waals surface area contributed by atoms with E-state index < -0.39 is 0 Å². The highest BCUT2D eigenvalue weighted by Crippen LogP contribution is 2.29. The molecular weight excluding hydrogens is 252 g/mol. The molecule has 2 heterocycles. The van der Waals surface area contributed by atoms with E-state index in [1.54, 1.807) is 12.3 Å². The highest BCUT2D eigenvalue weighted by atomic mass is 16.2. The number of pyridine rings is 1. The van der Waals surface area contributed by atoms with E-state index in [1.807, 2.05) is 24.3 Å². The Morgan fingerprint density at radius 1 is 1.20 bits per heavy atom. The quantitative estimate of drug-likeness (QED) is 0.785. The molecule has 1 aromatic heterocycles. The van der Waals surface area contributed by atoms with Gasteiger partial charge in [0.2, 0.25) is 0 Å². The van der Waals surface area contributed by atoms with Gasteiger partial charge in [-0.2, -0.15) is 0 Å². The summed E-state index contributed by atoms with van der Waals surface area (Å²) in [6.07, 6.45) is 8.57. The molecule has 0 radical (unpaired) electrons. The summed E-state index contributed by atoms with van der Waals surface area (Å²) in [5, 5.41) is 0. The van der Waals surface area contributed by atoms with Crippen molar-refractivity contribution in [3.05, 3.63) is 53.4 Å². The van der Waals surface area contributed by atoms with E-state index in [0.717, 1.165) is 25.0 Å². The van der Waals surface area contributed by atoms with Crippen molar-refractivity contribution in [3.63, 3.8) is 0 Å². The minimum absolute atomic E-state index is 0.102. The lowest BCUT2D eigenvalue weighted by molar-refractivity contribution is -0.137. The number of allylic oxidation sites excluding steroid dienone is 1. The molecule has 1 aromatic rings. The monoisotopic (exact) mass is 268 g/mol. The zero-order valence-corrected chi connectivity index (χ0v) is 11.2. The minimum Gasteiger partial charge on any atom is -0.275 e. The van der Waals surface area contributed by atoms with E-state index in [0.29, 0.717) is 24.1 Å². The second-order valence-electron chi connectivity index (χ2n) is 5.02. The largest absolute Gasteiger partial charge is 0.275 e. The van der Waals surface area contributed by atoms with Gasteiger partial charge in [0.15, 0.2) is 0 Å². The van der Waals surface area contributed by atoms with E-state index in [-0.39, 0.29) is 11.8 Å². The van der Waals surface area contributed by atoms with Gasteiger partial charge >= 0.3 is 0 Å². The van der Waals surface area contributed by atoms with Gasteiger partial charge in [-0.15, -0.1) is 0 Å². The lowest BCUT2D eigenvalue weighted by Gasteiger charge is -2.14. The molecule has 0 unspecified atom stereocenters. The summed E-state index contributed by atoms with van der Waals surface area (Å²) < 4.78 is 0. The van der Waals surface area contributed by atoms with Crippen molar-refractivity contribution < 1.29 is 9.59 Å². The lowest BCUT2D eigenvalue weighted by atomic mass is 10.00. The van der Waals surface area contributed by atoms with E-state index in [9.17, 15) is 9.59 Å². The molecule has 0 aromatic carbocycles. The Bertz CT molecular complexity index is 602. The molecule has 0 atom stereocenters. The maximum absolute atomic E-state index is 12.2. The summed E-state index contributed by atoms with van der Waals surface area (Å²) in [5.41, 5.74) is 2.28. The van der Waals surface area contributed by atoms with Crippen LogP contribution in [-0.2, 0) is 16.0 Å². The van der Waals surface area contributed by atoms with Crippen molar-refractivity contribution in [1.29, 1.82) is 0 Å². The zero-order chi connectivity index (χ0) is 13.9. The molecule has 4 heteroatoms. The van der Waals surface area contributed by atoms with E-state index in [2.05, 4.69) is 4.98 Å². The smallest absolute Gasteiger partial charge is 0.261 e. The predicted molar refractivity (Wildman–Crippen MR) is 74.7 cm³/mol. The molecule has 0 bridgehead atoms. The number of hydrogen-bond donors (Lipinski definition) is 0. The Morgan fingerprint density at radius 2 is 2.10 bits per heavy atom. The van der Waals surface area contributed by atoms with Crippen LogP contribution >= 0.6 is 0 Å². The standard InChI is InChI=1S/C16H16N2O2/c19-15-13-8-1-2-9-14(13)16(20)18(15)11-5-7-12-6-3-4-10-17-12/h1,3-4,6,8,10H,2,5,7,9,11H2. The Hall–Kier alpha value is -2.23. The van der Waals surface area contributed by atoms with E-state index in [1.165, 1.54) is 4.90 Å². The first kappa shape index (κ1) is 12.8. The Labute approximate surface area is 117 Å². The van der Waals surface area contributed by atoms with Gasteiger partial charge in [-0.3, -0.25) is 19.5 Å². The molecule has 0 N–H and O–H groups in total.